The molecule has 61 valence electrons. The van der Waals surface area contributed by atoms with Crippen molar-refractivity contribution in [3.63, 3.8) is 0 Å². The van der Waals surface area contributed by atoms with E-state index in [9.17, 15) is 0 Å². The fourth-order valence-corrected chi connectivity index (χ4v) is 1.29. The maximum absolute atomic E-state index is 5.98. The molecule has 0 aliphatic heterocycles. The summed E-state index contributed by atoms with van der Waals surface area (Å²) in [6.07, 6.45) is 3.03. The van der Waals surface area contributed by atoms with Crippen molar-refractivity contribution in [2.75, 3.05) is 0 Å². The van der Waals surface area contributed by atoms with Gasteiger partial charge in [0.15, 0.2) is 0 Å². The molecule has 0 bridgehead atoms. The zero-order valence-electron chi connectivity index (χ0n) is 6.77. The largest absolute Gasteiger partial charge is 0.121 e. The summed E-state index contributed by atoms with van der Waals surface area (Å²) in [5.74, 6) is 0.451. The SMILES string of the molecule is CC[CH]C(Cl)C(Cl)C(C)C. The van der Waals surface area contributed by atoms with E-state index >= 15 is 0 Å². The summed E-state index contributed by atoms with van der Waals surface area (Å²) in [5, 5.41) is 0.0910. The molecule has 0 aliphatic rings. The second-order valence-corrected chi connectivity index (χ2v) is 3.78. The van der Waals surface area contributed by atoms with E-state index in [-0.39, 0.29) is 10.8 Å². The van der Waals surface area contributed by atoms with Crippen LogP contribution in [0.5, 0.6) is 0 Å². The zero-order valence-corrected chi connectivity index (χ0v) is 8.28. The maximum atomic E-state index is 5.98. The molecule has 0 fully saturated rings. The van der Waals surface area contributed by atoms with Gasteiger partial charge in [-0.1, -0.05) is 27.2 Å². The van der Waals surface area contributed by atoms with Crippen molar-refractivity contribution in [2.45, 2.75) is 37.9 Å². The number of alkyl halides is 2. The van der Waals surface area contributed by atoms with Crippen molar-refractivity contribution >= 4 is 23.2 Å². The summed E-state index contributed by atoms with van der Waals surface area (Å²) >= 11 is 11.9. The highest BCUT2D eigenvalue weighted by atomic mass is 35.5. The van der Waals surface area contributed by atoms with Gasteiger partial charge in [-0.2, -0.15) is 0 Å². The highest BCUT2D eigenvalue weighted by Crippen LogP contribution is 2.21. The van der Waals surface area contributed by atoms with E-state index in [0.29, 0.717) is 5.92 Å². The Bertz CT molecular complexity index is 81.3. The first-order chi connectivity index (χ1) is 4.59. The molecule has 0 spiro atoms. The van der Waals surface area contributed by atoms with Crippen LogP contribution in [0.3, 0.4) is 0 Å². The van der Waals surface area contributed by atoms with Crippen LogP contribution < -0.4 is 0 Å². The predicted octanol–water partition coefficient (Wildman–Crippen LogP) is 3.47. The Hall–Kier alpha value is 0.580. The monoisotopic (exact) mass is 181 g/mol. The minimum absolute atomic E-state index is 0.0201. The quantitative estimate of drug-likeness (QED) is 0.584. The molecule has 0 aromatic carbocycles. The first-order valence-corrected chi connectivity index (χ1v) is 4.58. The zero-order chi connectivity index (χ0) is 8.15. The number of halogens is 2. The molecule has 2 atom stereocenters. The van der Waals surface area contributed by atoms with E-state index in [1.54, 1.807) is 0 Å². The Balaban J connectivity index is 3.58. The van der Waals surface area contributed by atoms with E-state index in [1.165, 1.54) is 0 Å². The van der Waals surface area contributed by atoms with Crippen LogP contribution in [0.2, 0.25) is 0 Å². The van der Waals surface area contributed by atoms with Crippen molar-refractivity contribution in [3.8, 4) is 0 Å². The van der Waals surface area contributed by atoms with Crippen molar-refractivity contribution in [1.29, 1.82) is 0 Å². The third-order valence-electron chi connectivity index (χ3n) is 1.40. The van der Waals surface area contributed by atoms with Crippen LogP contribution in [-0.4, -0.2) is 10.8 Å². The summed E-state index contributed by atoms with van der Waals surface area (Å²) in [4.78, 5) is 0. The van der Waals surface area contributed by atoms with Crippen LogP contribution in [0.15, 0.2) is 0 Å². The second-order valence-electron chi connectivity index (χ2n) is 2.78. The molecule has 0 rings (SSSR count). The van der Waals surface area contributed by atoms with Gasteiger partial charge in [0.25, 0.3) is 0 Å². The molecule has 0 nitrogen and oxygen atoms in total. The van der Waals surface area contributed by atoms with Gasteiger partial charge in [-0.25, -0.2) is 0 Å². The van der Waals surface area contributed by atoms with Gasteiger partial charge >= 0.3 is 0 Å². The van der Waals surface area contributed by atoms with E-state index < -0.39 is 0 Å². The van der Waals surface area contributed by atoms with Crippen LogP contribution in [0, 0.1) is 12.3 Å². The minimum Gasteiger partial charge on any atom is -0.121 e. The Morgan fingerprint density at radius 1 is 1.30 bits per heavy atom. The van der Waals surface area contributed by atoms with E-state index in [1.807, 2.05) is 6.42 Å². The third kappa shape index (κ3) is 3.68. The van der Waals surface area contributed by atoms with Gasteiger partial charge in [-0.3, -0.25) is 0 Å². The molecule has 2 unspecified atom stereocenters. The standard InChI is InChI=1S/C8H15Cl2/c1-4-5-7(9)8(10)6(2)3/h5-8H,4H2,1-3H3. The Kier molecular flexibility index (Phi) is 5.56. The average molecular weight is 182 g/mol. The fraction of sp³-hybridized carbons (Fsp3) is 0.875. The predicted molar refractivity (Wildman–Crippen MR) is 48.7 cm³/mol. The molecule has 0 saturated heterocycles. The van der Waals surface area contributed by atoms with Gasteiger partial charge in [0.2, 0.25) is 0 Å². The van der Waals surface area contributed by atoms with Gasteiger partial charge in [-0.05, 0) is 12.3 Å². The molecular weight excluding hydrogens is 167 g/mol. The smallest absolute Gasteiger partial charge is 0.0533 e. The van der Waals surface area contributed by atoms with E-state index in [0.717, 1.165) is 6.42 Å². The van der Waals surface area contributed by atoms with Crippen molar-refractivity contribution in [1.82, 2.24) is 0 Å². The second kappa shape index (κ2) is 5.26. The van der Waals surface area contributed by atoms with Crippen LogP contribution in [0.1, 0.15) is 27.2 Å². The first-order valence-electron chi connectivity index (χ1n) is 3.71. The summed E-state index contributed by atoms with van der Waals surface area (Å²) in [7, 11) is 0. The Morgan fingerprint density at radius 2 is 1.80 bits per heavy atom. The van der Waals surface area contributed by atoms with E-state index in [2.05, 4.69) is 20.8 Å². The van der Waals surface area contributed by atoms with E-state index in [4.69, 9.17) is 23.2 Å². The van der Waals surface area contributed by atoms with Crippen LogP contribution in [0.25, 0.3) is 0 Å². The van der Waals surface area contributed by atoms with Crippen molar-refractivity contribution in [2.24, 2.45) is 5.92 Å². The lowest BCUT2D eigenvalue weighted by Gasteiger charge is -2.18. The fourth-order valence-electron chi connectivity index (χ4n) is 0.723. The highest BCUT2D eigenvalue weighted by Gasteiger charge is 2.18. The summed E-state index contributed by atoms with van der Waals surface area (Å²) in [5.41, 5.74) is 0. The number of hydrogen-bond donors (Lipinski definition) is 0. The topological polar surface area (TPSA) is 0 Å². The van der Waals surface area contributed by atoms with Gasteiger partial charge < -0.3 is 0 Å². The summed E-state index contributed by atoms with van der Waals surface area (Å²) < 4.78 is 0. The lowest BCUT2D eigenvalue weighted by Crippen LogP contribution is -2.20. The molecule has 0 heterocycles. The van der Waals surface area contributed by atoms with Gasteiger partial charge in [0, 0.05) is 0 Å². The Labute approximate surface area is 73.9 Å². The lowest BCUT2D eigenvalue weighted by molar-refractivity contribution is 0.591. The molecule has 10 heavy (non-hydrogen) atoms. The highest BCUT2D eigenvalue weighted by molar-refractivity contribution is 6.30. The van der Waals surface area contributed by atoms with Gasteiger partial charge in [0.05, 0.1) is 10.8 Å². The summed E-state index contributed by atoms with van der Waals surface area (Å²) in [6.45, 7) is 6.23. The van der Waals surface area contributed by atoms with Crippen LogP contribution in [-0.2, 0) is 0 Å². The van der Waals surface area contributed by atoms with Crippen LogP contribution >= 0.6 is 23.2 Å². The van der Waals surface area contributed by atoms with Crippen LogP contribution in [0.4, 0.5) is 0 Å². The molecule has 0 amide bonds. The number of hydrogen-bond acceptors (Lipinski definition) is 0. The van der Waals surface area contributed by atoms with Gasteiger partial charge in [0.1, 0.15) is 0 Å². The molecule has 0 N–H and O–H groups in total. The molecular formula is C8H15Cl2. The van der Waals surface area contributed by atoms with Gasteiger partial charge in [-0.15, -0.1) is 23.2 Å². The first kappa shape index (κ1) is 10.6. The summed E-state index contributed by atoms with van der Waals surface area (Å²) in [6, 6.07) is 0. The molecule has 0 aromatic heterocycles. The minimum atomic E-state index is 0.0201. The average Bonchev–Trinajstić information content (AvgIpc) is 1.87. The Morgan fingerprint density at radius 3 is 2.10 bits per heavy atom. The molecule has 1 radical (unpaired) electrons. The van der Waals surface area contributed by atoms with Crippen molar-refractivity contribution in [3.05, 3.63) is 6.42 Å². The molecule has 2 heteroatoms. The van der Waals surface area contributed by atoms with Crippen molar-refractivity contribution < 1.29 is 0 Å². The lowest BCUT2D eigenvalue weighted by atomic mass is 10.0. The maximum Gasteiger partial charge on any atom is 0.0533 e. The third-order valence-corrected chi connectivity index (χ3v) is 2.76. The number of rotatable bonds is 4. The molecule has 0 aromatic rings. The molecule has 0 aliphatic carbocycles. The normalized spacial score (nSPS) is 17.4. The molecule has 0 saturated carbocycles.